The molecule has 0 aliphatic carbocycles. The van der Waals surface area contributed by atoms with Crippen LogP contribution in [-0.2, 0) is 0 Å². The first kappa shape index (κ1) is 28.9. The Balaban J connectivity index is 1.40. The Morgan fingerprint density at radius 1 is 0.891 bits per heavy atom. The van der Waals surface area contributed by atoms with Crippen LogP contribution in [0.15, 0.2) is 107 Å². The SMILES string of the molecule is CC(C)=CCCC1(C)Oc2c(c3nc4ccc(C(=O)c5ccccc5)cc4nc3c3ccccc23)C2c3cc(Br)ccc3OCC21. The van der Waals surface area contributed by atoms with Crippen LogP contribution in [0.5, 0.6) is 11.5 Å². The van der Waals surface area contributed by atoms with Crippen molar-refractivity contribution in [2.75, 3.05) is 6.61 Å². The number of allylic oxidation sites excluding steroid dienone is 2. The van der Waals surface area contributed by atoms with Gasteiger partial charge < -0.3 is 9.47 Å². The van der Waals surface area contributed by atoms with E-state index in [1.807, 2.05) is 60.7 Å². The lowest BCUT2D eigenvalue weighted by molar-refractivity contribution is -0.0316. The molecule has 5 aromatic carbocycles. The van der Waals surface area contributed by atoms with Crippen LogP contribution in [0.25, 0.3) is 32.8 Å². The minimum Gasteiger partial charge on any atom is -0.493 e. The molecule has 2 aliphatic heterocycles. The van der Waals surface area contributed by atoms with E-state index in [1.54, 1.807) is 0 Å². The minimum atomic E-state index is -0.475. The molecule has 0 fully saturated rings. The van der Waals surface area contributed by atoms with Crippen LogP contribution in [-0.4, -0.2) is 28.0 Å². The number of aromatic nitrogens is 2. The maximum absolute atomic E-state index is 13.3. The molecule has 1 aromatic heterocycles. The minimum absolute atomic E-state index is 0.0144. The van der Waals surface area contributed by atoms with Gasteiger partial charge in [0.25, 0.3) is 0 Å². The summed E-state index contributed by atoms with van der Waals surface area (Å²) in [5.41, 5.74) is 7.32. The van der Waals surface area contributed by atoms with Gasteiger partial charge in [-0.05, 0) is 70.0 Å². The zero-order chi connectivity index (χ0) is 31.6. The van der Waals surface area contributed by atoms with E-state index in [0.29, 0.717) is 23.3 Å². The number of nitrogens with zero attached hydrogens (tertiary/aromatic N) is 2. The number of ketones is 1. The van der Waals surface area contributed by atoms with E-state index in [4.69, 9.17) is 19.4 Å². The molecule has 5 nitrogen and oxygen atoms in total. The fraction of sp³-hybridized carbons (Fsp3) is 0.225. The molecule has 3 atom stereocenters. The Labute approximate surface area is 276 Å². The molecule has 8 rings (SSSR count). The molecule has 46 heavy (non-hydrogen) atoms. The Morgan fingerprint density at radius 2 is 1.65 bits per heavy atom. The number of ether oxygens (including phenoxy) is 2. The number of halogens is 1. The van der Waals surface area contributed by atoms with Crippen molar-refractivity contribution in [3.63, 3.8) is 0 Å². The van der Waals surface area contributed by atoms with Crippen LogP contribution in [0.4, 0.5) is 0 Å². The molecule has 2 aliphatic rings. The van der Waals surface area contributed by atoms with Crippen molar-refractivity contribution < 1.29 is 14.3 Å². The molecule has 0 radical (unpaired) electrons. The van der Waals surface area contributed by atoms with E-state index in [0.717, 1.165) is 67.3 Å². The van der Waals surface area contributed by atoms with Gasteiger partial charge in [-0.3, -0.25) is 4.79 Å². The highest BCUT2D eigenvalue weighted by Gasteiger charge is 2.51. The zero-order valence-corrected chi connectivity index (χ0v) is 27.6. The largest absolute Gasteiger partial charge is 0.493 e. The molecule has 0 N–H and O–H groups in total. The summed E-state index contributed by atoms with van der Waals surface area (Å²) in [4.78, 5) is 23.9. The summed E-state index contributed by atoms with van der Waals surface area (Å²) >= 11 is 3.74. The Morgan fingerprint density at radius 3 is 2.46 bits per heavy atom. The zero-order valence-electron chi connectivity index (χ0n) is 26.0. The van der Waals surface area contributed by atoms with Crippen LogP contribution in [0.3, 0.4) is 0 Å². The van der Waals surface area contributed by atoms with E-state index in [-0.39, 0.29) is 17.6 Å². The second-order valence-electron chi connectivity index (χ2n) is 12.9. The fourth-order valence-corrected chi connectivity index (χ4v) is 7.71. The second-order valence-corrected chi connectivity index (χ2v) is 13.8. The summed E-state index contributed by atoms with van der Waals surface area (Å²) in [6.07, 6.45) is 4.07. The molecular weight excluding hydrogens is 636 g/mol. The van der Waals surface area contributed by atoms with Crippen LogP contribution in [0, 0.1) is 5.92 Å². The van der Waals surface area contributed by atoms with Crippen LogP contribution in [0.1, 0.15) is 66.6 Å². The van der Waals surface area contributed by atoms with Gasteiger partial charge in [-0.2, -0.15) is 0 Å². The summed E-state index contributed by atoms with van der Waals surface area (Å²) in [6, 6.07) is 29.6. The maximum Gasteiger partial charge on any atom is 0.193 e. The maximum atomic E-state index is 13.3. The van der Waals surface area contributed by atoms with Crippen LogP contribution in [0.2, 0.25) is 0 Å². The van der Waals surface area contributed by atoms with E-state index in [2.05, 4.69) is 73.1 Å². The monoisotopic (exact) mass is 668 g/mol. The third-order valence-corrected chi connectivity index (χ3v) is 10.1. The number of fused-ring (bicyclic) bond motifs is 11. The number of hydrogen-bond donors (Lipinski definition) is 0. The lowest BCUT2D eigenvalue weighted by atomic mass is 9.67. The van der Waals surface area contributed by atoms with Gasteiger partial charge in [-0.1, -0.05) is 82.2 Å². The van der Waals surface area contributed by atoms with Crippen molar-refractivity contribution in [3.8, 4) is 11.5 Å². The van der Waals surface area contributed by atoms with Crippen molar-refractivity contribution in [3.05, 3.63) is 129 Å². The van der Waals surface area contributed by atoms with Gasteiger partial charge in [0.1, 0.15) is 17.1 Å². The molecule has 6 heteroatoms. The third kappa shape index (κ3) is 4.70. The summed E-state index contributed by atoms with van der Waals surface area (Å²) in [6.45, 7) is 7.07. The van der Waals surface area contributed by atoms with Gasteiger partial charge in [0.15, 0.2) is 5.78 Å². The van der Waals surface area contributed by atoms with E-state index in [9.17, 15) is 4.79 Å². The topological polar surface area (TPSA) is 61.3 Å². The first-order valence-electron chi connectivity index (χ1n) is 15.8. The average Bonchev–Trinajstić information content (AvgIpc) is 3.07. The Bertz CT molecular complexity index is 2220. The standard InChI is InChI=1S/C40H33BrN2O3/c1-23(2)10-9-19-40(3)30-22-45-33-18-16-26(41)21-29(33)34(30)35-37-36(27-13-7-8-14-28(27)39(35)46-40)43-32-20-25(15-17-31(32)42-37)38(44)24-11-5-4-6-12-24/h4-8,10-18,20-21,30,34H,9,19,22H2,1-3H3. The molecule has 0 saturated heterocycles. The molecule has 228 valence electrons. The second kappa shape index (κ2) is 11.1. The van der Waals surface area contributed by atoms with Crippen molar-refractivity contribution >= 4 is 54.6 Å². The van der Waals surface area contributed by atoms with Gasteiger partial charge in [0.2, 0.25) is 0 Å². The van der Waals surface area contributed by atoms with Crippen molar-refractivity contribution in [1.29, 1.82) is 0 Å². The summed E-state index contributed by atoms with van der Waals surface area (Å²) < 4.78 is 14.7. The number of carbonyl (C=O) groups is 1. The quantitative estimate of drug-likeness (QED) is 0.0792. The molecular formula is C40H33BrN2O3. The predicted molar refractivity (Wildman–Crippen MR) is 187 cm³/mol. The lowest BCUT2D eigenvalue weighted by Crippen LogP contribution is -2.51. The summed E-state index contributed by atoms with van der Waals surface area (Å²) in [7, 11) is 0. The molecule has 6 aromatic rings. The third-order valence-electron chi connectivity index (χ3n) is 9.64. The summed E-state index contributed by atoms with van der Waals surface area (Å²) in [5.74, 6) is 1.77. The Hall–Kier alpha value is -4.55. The highest BCUT2D eigenvalue weighted by atomic mass is 79.9. The Kier molecular flexibility index (Phi) is 6.95. The highest BCUT2D eigenvalue weighted by Crippen LogP contribution is 2.57. The van der Waals surface area contributed by atoms with Gasteiger partial charge in [-0.15, -0.1) is 0 Å². The van der Waals surface area contributed by atoms with Crippen molar-refractivity contribution in [1.82, 2.24) is 9.97 Å². The molecule has 0 amide bonds. The van der Waals surface area contributed by atoms with Crippen molar-refractivity contribution in [2.45, 2.75) is 45.1 Å². The lowest BCUT2D eigenvalue weighted by Gasteiger charge is -2.49. The van der Waals surface area contributed by atoms with Gasteiger partial charge in [-0.25, -0.2) is 9.97 Å². The number of benzene rings is 5. The van der Waals surface area contributed by atoms with Gasteiger partial charge >= 0.3 is 0 Å². The average molecular weight is 670 g/mol. The van der Waals surface area contributed by atoms with Crippen LogP contribution < -0.4 is 9.47 Å². The number of hydrogen-bond acceptors (Lipinski definition) is 5. The molecule has 0 spiro atoms. The smallest absolute Gasteiger partial charge is 0.193 e. The van der Waals surface area contributed by atoms with Gasteiger partial charge in [0.05, 0.1) is 28.7 Å². The van der Waals surface area contributed by atoms with Gasteiger partial charge in [0, 0.05) is 49.3 Å². The number of carbonyl (C=O) groups excluding carboxylic acids is 1. The highest BCUT2D eigenvalue weighted by molar-refractivity contribution is 9.10. The van der Waals surface area contributed by atoms with E-state index in [1.165, 1.54) is 5.57 Å². The predicted octanol–water partition coefficient (Wildman–Crippen LogP) is 9.97. The molecule has 0 bridgehead atoms. The molecule has 3 heterocycles. The normalized spacial score (nSPS) is 19.9. The number of rotatable bonds is 5. The first-order valence-corrected chi connectivity index (χ1v) is 16.6. The van der Waals surface area contributed by atoms with E-state index >= 15 is 0 Å². The van der Waals surface area contributed by atoms with E-state index < -0.39 is 5.60 Å². The van der Waals surface area contributed by atoms with Crippen molar-refractivity contribution in [2.24, 2.45) is 5.92 Å². The van der Waals surface area contributed by atoms with Crippen LogP contribution >= 0.6 is 15.9 Å². The fourth-order valence-electron chi connectivity index (χ4n) is 7.33. The molecule has 0 saturated carbocycles. The molecule has 3 unspecified atom stereocenters. The summed E-state index contributed by atoms with van der Waals surface area (Å²) in [5, 5.41) is 2.00. The first-order chi connectivity index (χ1) is 22.3.